The Morgan fingerprint density at radius 3 is 1.86 bits per heavy atom. The largest absolute Gasteiger partial charge is 0.478 e. The normalized spacial score (nSPS) is 14.7. The number of carboxylic acid groups (broad SMARTS) is 3. The molecule has 1 unspecified atom stereocenters. The van der Waals surface area contributed by atoms with E-state index >= 15 is 0 Å². The minimum Gasteiger partial charge on any atom is -0.478 e. The van der Waals surface area contributed by atoms with Gasteiger partial charge in [-0.3, -0.25) is 0 Å². The molecule has 0 aromatic carbocycles. The lowest BCUT2D eigenvalue weighted by molar-refractivity contribution is -0.134. The molecule has 6 nitrogen and oxygen atoms in total. The van der Waals surface area contributed by atoms with Crippen LogP contribution in [0.1, 0.15) is 33.6 Å². The number of allylic oxidation sites excluding steroid dienone is 3. The van der Waals surface area contributed by atoms with E-state index < -0.39 is 23.8 Å². The maximum absolute atomic E-state index is 11.3. The van der Waals surface area contributed by atoms with Crippen LogP contribution in [0.4, 0.5) is 0 Å². The molecule has 3 N–H and O–H groups in total. The highest BCUT2D eigenvalue weighted by Gasteiger charge is 2.18. The Bertz CT molecular complexity index is 510. The van der Waals surface area contributed by atoms with Crippen LogP contribution in [0.3, 0.4) is 0 Å². The van der Waals surface area contributed by atoms with E-state index in [2.05, 4.69) is 0 Å². The van der Waals surface area contributed by atoms with Gasteiger partial charge in [-0.2, -0.15) is 0 Å². The second-order valence-corrected chi connectivity index (χ2v) is 4.45. The first-order valence-electron chi connectivity index (χ1n) is 6.53. The standard InChI is InChI=1S/C15H20O6/c1-4-10(14(18)19)6-7-12(15(20)21)11(5-2)8-9(3)13(16)17/h6-8,11H,4-5H2,1-3H3,(H,16,17)(H,18,19)(H,20,21). The predicted molar refractivity (Wildman–Crippen MR) is 76.9 cm³/mol. The summed E-state index contributed by atoms with van der Waals surface area (Å²) in [6, 6.07) is 0. The molecule has 6 heteroatoms. The van der Waals surface area contributed by atoms with Gasteiger partial charge >= 0.3 is 17.9 Å². The fraction of sp³-hybridized carbons (Fsp3) is 0.400. The van der Waals surface area contributed by atoms with E-state index in [9.17, 15) is 19.5 Å². The first-order valence-corrected chi connectivity index (χ1v) is 6.53. The Hall–Kier alpha value is -2.37. The number of carbonyl (C=O) groups is 3. The van der Waals surface area contributed by atoms with Crippen LogP contribution in [0.25, 0.3) is 0 Å². The summed E-state index contributed by atoms with van der Waals surface area (Å²) in [5.41, 5.74) is 0.0970. The van der Waals surface area contributed by atoms with E-state index in [0.29, 0.717) is 6.42 Å². The molecule has 0 saturated heterocycles. The third kappa shape index (κ3) is 6.07. The SMILES string of the molecule is CCC(=CC=C(C(=O)O)C(C=C(C)C(=O)O)CC)C(=O)O. The lowest BCUT2D eigenvalue weighted by Crippen LogP contribution is -2.12. The van der Waals surface area contributed by atoms with Crippen molar-refractivity contribution in [3.8, 4) is 0 Å². The molecule has 0 fully saturated rings. The summed E-state index contributed by atoms with van der Waals surface area (Å²) in [6.07, 6.45) is 4.50. The van der Waals surface area contributed by atoms with E-state index in [0.717, 1.165) is 0 Å². The van der Waals surface area contributed by atoms with E-state index in [1.165, 1.54) is 25.2 Å². The predicted octanol–water partition coefficient (Wildman–Crippen LogP) is 2.48. The van der Waals surface area contributed by atoms with E-state index in [-0.39, 0.29) is 23.1 Å². The Balaban J connectivity index is 5.66. The molecule has 1 atom stereocenters. The molecule has 116 valence electrons. The Labute approximate surface area is 123 Å². The van der Waals surface area contributed by atoms with Crippen LogP contribution in [-0.2, 0) is 14.4 Å². The van der Waals surface area contributed by atoms with Crippen molar-refractivity contribution in [2.45, 2.75) is 33.6 Å². The highest BCUT2D eigenvalue weighted by atomic mass is 16.4. The summed E-state index contributed by atoms with van der Waals surface area (Å²) < 4.78 is 0. The molecule has 21 heavy (non-hydrogen) atoms. The third-order valence-electron chi connectivity index (χ3n) is 2.99. The summed E-state index contributed by atoms with van der Waals surface area (Å²) in [7, 11) is 0. The molecule has 0 heterocycles. The van der Waals surface area contributed by atoms with Gasteiger partial charge in [-0.05, 0) is 19.8 Å². The molecule has 0 spiro atoms. The second-order valence-electron chi connectivity index (χ2n) is 4.45. The average Bonchev–Trinajstić information content (AvgIpc) is 2.40. The van der Waals surface area contributed by atoms with Gasteiger partial charge in [0, 0.05) is 22.6 Å². The summed E-state index contributed by atoms with van der Waals surface area (Å²) in [5.74, 6) is -4.02. The van der Waals surface area contributed by atoms with Crippen molar-refractivity contribution in [1.29, 1.82) is 0 Å². The van der Waals surface area contributed by atoms with Crippen LogP contribution in [-0.4, -0.2) is 33.2 Å². The van der Waals surface area contributed by atoms with E-state index in [4.69, 9.17) is 10.2 Å². The van der Waals surface area contributed by atoms with Crippen LogP contribution in [0.5, 0.6) is 0 Å². The first-order chi connectivity index (χ1) is 9.74. The minimum absolute atomic E-state index is 0.0368. The first kappa shape index (κ1) is 18.6. The Kier molecular flexibility index (Phi) is 7.75. The topological polar surface area (TPSA) is 112 Å². The monoisotopic (exact) mass is 296 g/mol. The van der Waals surface area contributed by atoms with Gasteiger partial charge in [0.15, 0.2) is 0 Å². The fourth-order valence-corrected chi connectivity index (χ4v) is 1.68. The fourth-order valence-electron chi connectivity index (χ4n) is 1.68. The molecule has 0 bridgehead atoms. The highest BCUT2D eigenvalue weighted by Crippen LogP contribution is 2.20. The maximum Gasteiger partial charge on any atom is 0.332 e. The molecular formula is C15H20O6. The smallest absolute Gasteiger partial charge is 0.332 e. The molecule has 0 aromatic rings. The molecule has 0 rings (SSSR count). The van der Waals surface area contributed by atoms with Crippen molar-refractivity contribution in [1.82, 2.24) is 0 Å². The zero-order chi connectivity index (χ0) is 16.6. The van der Waals surface area contributed by atoms with E-state index in [1.807, 2.05) is 0 Å². The second kappa shape index (κ2) is 8.73. The molecule has 0 aliphatic rings. The van der Waals surface area contributed by atoms with Gasteiger partial charge in [0.1, 0.15) is 0 Å². The number of carboxylic acids is 3. The van der Waals surface area contributed by atoms with Crippen molar-refractivity contribution in [2.24, 2.45) is 5.92 Å². The summed E-state index contributed by atoms with van der Waals surface area (Å²) in [5, 5.41) is 27.0. The number of aliphatic carboxylic acids is 3. The van der Waals surface area contributed by atoms with Gasteiger partial charge in [0.25, 0.3) is 0 Å². The lowest BCUT2D eigenvalue weighted by atomic mass is 9.93. The number of hydrogen-bond donors (Lipinski definition) is 3. The Morgan fingerprint density at radius 1 is 0.952 bits per heavy atom. The van der Waals surface area contributed by atoms with E-state index in [1.54, 1.807) is 13.8 Å². The van der Waals surface area contributed by atoms with Crippen molar-refractivity contribution in [3.05, 3.63) is 34.9 Å². The van der Waals surface area contributed by atoms with Crippen molar-refractivity contribution >= 4 is 17.9 Å². The van der Waals surface area contributed by atoms with Gasteiger partial charge in [-0.1, -0.05) is 32.1 Å². The van der Waals surface area contributed by atoms with Crippen molar-refractivity contribution in [2.75, 3.05) is 0 Å². The summed E-state index contributed by atoms with van der Waals surface area (Å²) in [4.78, 5) is 33.0. The van der Waals surface area contributed by atoms with Crippen LogP contribution in [0, 0.1) is 5.92 Å². The average molecular weight is 296 g/mol. The molecule has 0 radical (unpaired) electrons. The van der Waals surface area contributed by atoms with Crippen molar-refractivity contribution < 1.29 is 29.7 Å². The zero-order valence-corrected chi connectivity index (χ0v) is 12.3. The number of rotatable bonds is 8. The molecule has 0 aliphatic carbocycles. The van der Waals surface area contributed by atoms with Crippen LogP contribution in [0.2, 0.25) is 0 Å². The van der Waals surface area contributed by atoms with Gasteiger partial charge < -0.3 is 15.3 Å². The quantitative estimate of drug-likeness (QED) is 0.468. The summed E-state index contributed by atoms with van der Waals surface area (Å²) in [6.45, 7) is 4.77. The number of hydrogen-bond acceptors (Lipinski definition) is 3. The van der Waals surface area contributed by atoms with Gasteiger partial charge in [-0.15, -0.1) is 0 Å². The van der Waals surface area contributed by atoms with Crippen LogP contribution < -0.4 is 0 Å². The molecule has 0 aliphatic heterocycles. The molecular weight excluding hydrogens is 276 g/mol. The molecule has 0 saturated carbocycles. The third-order valence-corrected chi connectivity index (χ3v) is 2.99. The molecule has 0 aromatic heterocycles. The van der Waals surface area contributed by atoms with Gasteiger partial charge in [0.05, 0.1) is 0 Å². The lowest BCUT2D eigenvalue weighted by Gasteiger charge is -2.12. The minimum atomic E-state index is -1.20. The van der Waals surface area contributed by atoms with Crippen molar-refractivity contribution in [3.63, 3.8) is 0 Å². The molecule has 0 amide bonds. The van der Waals surface area contributed by atoms with Crippen LogP contribution in [0.15, 0.2) is 34.9 Å². The van der Waals surface area contributed by atoms with Gasteiger partial charge in [-0.25, -0.2) is 14.4 Å². The van der Waals surface area contributed by atoms with Crippen LogP contribution >= 0.6 is 0 Å². The Morgan fingerprint density at radius 2 is 1.52 bits per heavy atom. The maximum atomic E-state index is 11.3. The summed E-state index contributed by atoms with van der Waals surface area (Å²) >= 11 is 0. The zero-order valence-electron chi connectivity index (χ0n) is 12.3. The highest BCUT2D eigenvalue weighted by molar-refractivity contribution is 5.91. The van der Waals surface area contributed by atoms with Gasteiger partial charge in [0.2, 0.25) is 0 Å².